The lowest BCUT2D eigenvalue weighted by Gasteiger charge is -2.09. The number of nitrogens with zero attached hydrogens (tertiary/aromatic N) is 2. The summed E-state index contributed by atoms with van der Waals surface area (Å²) in [7, 11) is -1.66. The third-order valence-corrected chi connectivity index (χ3v) is 7.07. The van der Waals surface area contributed by atoms with Gasteiger partial charge in [0.1, 0.15) is 5.82 Å². The molecule has 0 atom stereocenters. The van der Waals surface area contributed by atoms with Crippen molar-refractivity contribution in [2.24, 2.45) is 7.05 Å². The van der Waals surface area contributed by atoms with Crippen molar-refractivity contribution in [1.29, 1.82) is 0 Å². The number of rotatable bonds is 5. The van der Waals surface area contributed by atoms with Crippen molar-refractivity contribution in [1.82, 2.24) is 9.78 Å². The summed E-state index contributed by atoms with van der Waals surface area (Å²) in [6.07, 6.45) is 5.87. The molecule has 7 heteroatoms. The molecule has 2 aromatic rings. The zero-order valence-electron chi connectivity index (χ0n) is 14.9. The minimum atomic E-state index is -3.46. The normalized spacial score (nSPS) is 15.7. The van der Waals surface area contributed by atoms with E-state index < -0.39 is 9.84 Å². The van der Waals surface area contributed by atoms with E-state index in [4.69, 9.17) is 0 Å². The molecule has 2 aliphatic rings. The minimum absolute atomic E-state index is 0.0562. The number of aryl methyl sites for hydroxylation is 4. The molecule has 6 nitrogen and oxygen atoms in total. The van der Waals surface area contributed by atoms with Gasteiger partial charge < -0.3 is 5.32 Å². The summed E-state index contributed by atoms with van der Waals surface area (Å²) in [6, 6.07) is 5.36. The van der Waals surface area contributed by atoms with Gasteiger partial charge in [0.15, 0.2) is 9.84 Å². The maximum Gasteiger partial charge on any atom is 0.226 e. The monoisotopic (exact) mass is 373 g/mol. The summed E-state index contributed by atoms with van der Waals surface area (Å²) in [5.74, 6) is 0.238. The fourth-order valence-electron chi connectivity index (χ4n) is 3.96. The smallest absolute Gasteiger partial charge is 0.226 e. The number of sulfone groups is 1. The van der Waals surface area contributed by atoms with Crippen LogP contribution in [0, 0.1) is 0 Å². The van der Waals surface area contributed by atoms with Gasteiger partial charge in [0.2, 0.25) is 5.91 Å². The van der Waals surface area contributed by atoms with E-state index in [1.165, 1.54) is 5.56 Å². The van der Waals surface area contributed by atoms with Gasteiger partial charge in [-0.1, -0.05) is 6.07 Å². The standard InChI is InChI=1S/C19H23N3O3S/c1-22-19(16-6-3-7-17(16)21-22)20-18(23)10-11-26(24,25)15-9-8-13-4-2-5-14(13)12-15/h8-9,12H,2-7,10-11H2,1H3,(H,20,23). The summed E-state index contributed by atoms with van der Waals surface area (Å²) >= 11 is 0. The first-order chi connectivity index (χ1) is 12.4. The van der Waals surface area contributed by atoms with Crippen LogP contribution in [0.2, 0.25) is 0 Å². The number of aromatic nitrogens is 2. The van der Waals surface area contributed by atoms with E-state index in [1.807, 2.05) is 6.07 Å². The van der Waals surface area contributed by atoms with E-state index in [0.717, 1.165) is 55.3 Å². The Morgan fingerprint density at radius 2 is 1.92 bits per heavy atom. The second-order valence-electron chi connectivity index (χ2n) is 7.15. The summed E-state index contributed by atoms with van der Waals surface area (Å²) in [4.78, 5) is 12.6. The third-order valence-electron chi connectivity index (χ3n) is 5.35. The fraction of sp³-hybridized carbons (Fsp3) is 0.474. The Hall–Kier alpha value is -2.15. The van der Waals surface area contributed by atoms with E-state index in [-0.39, 0.29) is 18.1 Å². The molecule has 0 spiro atoms. The van der Waals surface area contributed by atoms with Gasteiger partial charge >= 0.3 is 0 Å². The van der Waals surface area contributed by atoms with Gasteiger partial charge in [0.25, 0.3) is 0 Å². The maximum absolute atomic E-state index is 12.6. The largest absolute Gasteiger partial charge is 0.311 e. The Morgan fingerprint density at radius 3 is 2.77 bits per heavy atom. The van der Waals surface area contributed by atoms with Crippen molar-refractivity contribution in [3.8, 4) is 0 Å². The number of benzene rings is 1. The van der Waals surface area contributed by atoms with Gasteiger partial charge in [-0.05, 0) is 61.8 Å². The van der Waals surface area contributed by atoms with Crippen LogP contribution in [0.3, 0.4) is 0 Å². The van der Waals surface area contributed by atoms with Crippen LogP contribution in [-0.4, -0.2) is 29.9 Å². The molecular formula is C19H23N3O3S. The van der Waals surface area contributed by atoms with Crippen molar-refractivity contribution >= 4 is 21.6 Å². The molecule has 0 saturated carbocycles. The number of amides is 1. The number of carbonyl (C=O) groups is 1. The van der Waals surface area contributed by atoms with Crippen molar-refractivity contribution in [3.05, 3.63) is 40.6 Å². The van der Waals surface area contributed by atoms with Crippen molar-refractivity contribution in [3.63, 3.8) is 0 Å². The van der Waals surface area contributed by atoms with E-state index in [9.17, 15) is 13.2 Å². The van der Waals surface area contributed by atoms with Crippen LogP contribution >= 0.6 is 0 Å². The molecule has 0 fully saturated rings. The molecule has 0 bridgehead atoms. The Bertz CT molecular complexity index is 976. The number of fused-ring (bicyclic) bond motifs is 2. The molecule has 4 rings (SSSR count). The predicted molar refractivity (Wildman–Crippen MR) is 99.0 cm³/mol. The molecular weight excluding hydrogens is 350 g/mol. The highest BCUT2D eigenvalue weighted by Crippen LogP contribution is 2.28. The quantitative estimate of drug-likeness (QED) is 0.871. The van der Waals surface area contributed by atoms with E-state index in [2.05, 4.69) is 10.4 Å². The van der Waals surface area contributed by atoms with Crippen LogP contribution in [0.4, 0.5) is 5.82 Å². The molecule has 0 unspecified atom stereocenters. The lowest BCUT2D eigenvalue weighted by Crippen LogP contribution is -2.19. The molecule has 1 aromatic carbocycles. The zero-order chi connectivity index (χ0) is 18.3. The van der Waals surface area contributed by atoms with Crippen molar-refractivity contribution < 1.29 is 13.2 Å². The molecule has 1 aromatic heterocycles. The first-order valence-corrected chi connectivity index (χ1v) is 10.8. The average Bonchev–Trinajstić information content (AvgIpc) is 3.31. The number of anilines is 1. The second kappa shape index (κ2) is 6.54. The van der Waals surface area contributed by atoms with Gasteiger partial charge in [0, 0.05) is 19.0 Å². The molecule has 2 aliphatic carbocycles. The van der Waals surface area contributed by atoms with Crippen LogP contribution in [0.5, 0.6) is 0 Å². The number of carbonyl (C=O) groups excluding carboxylic acids is 1. The third kappa shape index (κ3) is 3.16. The van der Waals surface area contributed by atoms with Gasteiger partial charge in [-0.2, -0.15) is 5.10 Å². The number of hydrogen-bond acceptors (Lipinski definition) is 4. The molecule has 1 amide bonds. The Balaban J connectivity index is 1.42. The summed E-state index contributed by atoms with van der Waals surface area (Å²) < 4.78 is 26.9. The molecule has 0 aliphatic heterocycles. The highest BCUT2D eigenvalue weighted by Gasteiger charge is 2.23. The van der Waals surface area contributed by atoms with Gasteiger partial charge in [0.05, 0.1) is 16.3 Å². The lowest BCUT2D eigenvalue weighted by atomic mass is 10.1. The molecule has 26 heavy (non-hydrogen) atoms. The van der Waals surface area contributed by atoms with Crippen LogP contribution in [0.15, 0.2) is 23.1 Å². The summed E-state index contributed by atoms with van der Waals surface area (Å²) in [5.41, 5.74) is 4.49. The first kappa shape index (κ1) is 17.3. The topological polar surface area (TPSA) is 81.1 Å². The SMILES string of the molecule is Cn1nc2c(c1NC(=O)CCS(=O)(=O)c1ccc3c(c1)CCC3)CCC2. The second-order valence-corrected chi connectivity index (χ2v) is 9.26. The molecule has 0 saturated heterocycles. The maximum atomic E-state index is 12.6. The van der Waals surface area contributed by atoms with Gasteiger partial charge in [-0.15, -0.1) is 0 Å². The number of nitrogens with one attached hydrogen (secondary N) is 1. The van der Waals surface area contributed by atoms with Crippen LogP contribution in [0.1, 0.15) is 41.6 Å². The van der Waals surface area contributed by atoms with Crippen molar-refractivity contribution in [2.75, 3.05) is 11.1 Å². The number of hydrogen-bond donors (Lipinski definition) is 1. The van der Waals surface area contributed by atoms with Crippen LogP contribution in [0.25, 0.3) is 0 Å². The molecule has 1 heterocycles. The Kier molecular flexibility index (Phi) is 4.34. The summed E-state index contributed by atoms with van der Waals surface area (Å²) in [6.45, 7) is 0. The Labute approximate surface area is 153 Å². The minimum Gasteiger partial charge on any atom is -0.311 e. The predicted octanol–water partition coefficient (Wildman–Crippen LogP) is 2.20. The summed E-state index contributed by atoms with van der Waals surface area (Å²) in [5, 5.41) is 7.27. The van der Waals surface area contributed by atoms with Gasteiger partial charge in [-0.3, -0.25) is 9.48 Å². The van der Waals surface area contributed by atoms with E-state index in [0.29, 0.717) is 10.7 Å². The highest BCUT2D eigenvalue weighted by atomic mass is 32.2. The molecule has 1 N–H and O–H groups in total. The van der Waals surface area contributed by atoms with Crippen LogP contribution < -0.4 is 5.32 Å². The molecule has 138 valence electrons. The lowest BCUT2D eigenvalue weighted by molar-refractivity contribution is -0.115. The zero-order valence-corrected chi connectivity index (χ0v) is 15.7. The van der Waals surface area contributed by atoms with Gasteiger partial charge in [-0.25, -0.2) is 8.42 Å². The van der Waals surface area contributed by atoms with Crippen LogP contribution in [-0.2, 0) is 47.4 Å². The van der Waals surface area contributed by atoms with E-state index >= 15 is 0 Å². The van der Waals surface area contributed by atoms with E-state index in [1.54, 1.807) is 23.9 Å². The molecule has 0 radical (unpaired) electrons. The highest BCUT2D eigenvalue weighted by molar-refractivity contribution is 7.91. The first-order valence-electron chi connectivity index (χ1n) is 9.13. The van der Waals surface area contributed by atoms with Crippen molar-refractivity contribution in [2.45, 2.75) is 49.8 Å². The Morgan fingerprint density at radius 1 is 1.15 bits per heavy atom. The average molecular weight is 373 g/mol. The fourth-order valence-corrected chi connectivity index (χ4v) is 5.24.